The molecule has 2 saturated heterocycles. The van der Waals surface area contributed by atoms with Crippen LogP contribution in [0.4, 0.5) is 11.4 Å². The highest BCUT2D eigenvalue weighted by atomic mass is 16.2. The molecule has 0 aliphatic carbocycles. The van der Waals surface area contributed by atoms with Gasteiger partial charge in [-0.05, 0) is 82.0 Å². The van der Waals surface area contributed by atoms with Gasteiger partial charge in [0.15, 0.2) is 0 Å². The first kappa shape index (κ1) is 21.9. The second-order valence-corrected chi connectivity index (χ2v) is 9.22. The maximum atomic E-state index is 13.0. The summed E-state index contributed by atoms with van der Waals surface area (Å²) in [7, 11) is 2.30. The zero-order valence-corrected chi connectivity index (χ0v) is 19.3. The molecule has 4 nitrogen and oxygen atoms in total. The van der Waals surface area contributed by atoms with Crippen molar-refractivity contribution >= 4 is 17.3 Å². The molecular formula is C27H37N3O. The summed E-state index contributed by atoms with van der Waals surface area (Å²) in [6.45, 7) is 5.91. The van der Waals surface area contributed by atoms with Crippen molar-refractivity contribution in [1.29, 1.82) is 0 Å². The number of benzene rings is 2. The molecule has 3 atom stereocenters. The third kappa shape index (κ3) is 4.64. The Bertz CT molecular complexity index is 831. The number of carbonyl (C=O) groups excluding carboxylic acids is 1. The lowest BCUT2D eigenvalue weighted by Gasteiger charge is -2.43. The summed E-state index contributed by atoms with van der Waals surface area (Å²) < 4.78 is 0. The fourth-order valence-corrected chi connectivity index (χ4v) is 5.55. The number of fused-ring (bicyclic) bond motifs is 2. The van der Waals surface area contributed by atoms with Crippen LogP contribution in [-0.2, 0) is 0 Å². The van der Waals surface area contributed by atoms with E-state index in [0.717, 1.165) is 31.5 Å². The van der Waals surface area contributed by atoms with Gasteiger partial charge in [0, 0.05) is 48.2 Å². The van der Waals surface area contributed by atoms with Crippen LogP contribution in [0, 0.1) is 0 Å². The Morgan fingerprint density at radius 1 is 0.871 bits per heavy atom. The fourth-order valence-electron chi connectivity index (χ4n) is 5.55. The molecule has 4 heteroatoms. The van der Waals surface area contributed by atoms with Gasteiger partial charge in [-0.3, -0.25) is 4.79 Å². The highest BCUT2D eigenvalue weighted by Gasteiger charge is 2.40. The molecule has 1 amide bonds. The van der Waals surface area contributed by atoms with E-state index >= 15 is 0 Å². The number of carbonyl (C=O) groups is 1. The highest BCUT2D eigenvalue weighted by molar-refractivity contribution is 5.94. The minimum absolute atomic E-state index is 0.152. The molecule has 0 N–H and O–H groups in total. The molecule has 0 aromatic heterocycles. The van der Waals surface area contributed by atoms with E-state index in [1.165, 1.54) is 37.1 Å². The van der Waals surface area contributed by atoms with E-state index in [1.54, 1.807) is 0 Å². The van der Waals surface area contributed by atoms with Gasteiger partial charge in [-0.15, -0.1) is 0 Å². The first-order chi connectivity index (χ1) is 15.1. The van der Waals surface area contributed by atoms with Gasteiger partial charge >= 0.3 is 0 Å². The monoisotopic (exact) mass is 419 g/mol. The first-order valence-electron chi connectivity index (χ1n) is 12.1. The van der Waals surface area contributed by atoms with Gasteiger partial charge < -0.3 is 14.7 Å². The number of hydrogen-bond acceptors (Lipinski definition) is 3. The van der Waals surface area contributed by atoms with Crippen LogP contribution in [-0.4, -0.2) is 54.0 Å². The first-order valence-corrected chi connectivity index (χ1v) is 12.1. The van der Waals surface area contributed by atoms with E-state index in [0.29, 0.717) is 18.1 Å². The summed E-state index contributed by atoms with van der Waals surface area (Å²) in [5.41, 5.74) is 3.23. The van der Waals surface area contributed by atoms with Gasteiger partial charge in [0.2, 0.25) is 0 Å². The highest BCUT2D eigenvalue weighted by Crippen LogP contribution is 2.40. The van der Waals surface area contributed by atoms with Crippen molar-refractivity contribution in [2.24, 2.45) is 0 Å². The van der Waals surface area contributed by atoms with Gasteiger partial charge in [0.25, 0.3) is 5.91 Å². The topological polar surface area (TPSA) is 26.8 Å². The number of nitrogens with zero attached hydrogens (tertiary/aromatic N) is 3. The lowest BCUT2D eigenvalue weighted by molar-refractivity contribution is 0.0755. The summed E-state index contributed by atoms with van der Waals surface area (Å²) in [5, 5.41) is 0. The van der Waals surface area contributed by atoms with Crippen LogP contribution in [0.2, 0.25) is 0 Å². The molecule has 1 unspecified atom stereocenters. The molecule has 4 rings (SSSR count). The van der Waals surface area contributed by atoms with E-state index in [-0.39, 0.29) is 5.91 Å². The Balaban J connectivity index is 1.60. The van der Waals surface area contributed by atoms with Crippen LogP contribution in [0.1, 0.15) is 62.7 Å². The normalized spacial score (nSPS) is 23.0. The van der Waals surface area contributed by atoms with Gasteiger partial charge in [0.1, 0.15) is 0 Å². The average Bonchev–Trinajstić information content (AvgIpc) is 3.00. The molecule has 166 valence electrons. The molecule has 2 aliphatic rings. The molecule has 2 bridgehead atoms. The summed E-state index contributed by atoms with van der Waals surface area (Å²) in [4.78, 5) is 20.1. The van der Waals surface area contributed by atoms with Crippen LogP contribution in [0.3, 0.4) is 0 Å². The SMILES string of the molecule is CCCN(CCC)C(=O)c1ccc(N(c2ccccc2)C2C[C@H]3CC[C@@H](C2)N3C)cc1. The van der Waals surface area contributed by atoms with Crippen LogP contribution in [0.25, 0.3) is 0 Å². The fraction of sp³-hybridized carbons (Fsp3) is 0.519. The van der Waals surface area contributed by atoms with Crippen molar-refractivity contribution in [1.82, 2.24) is 9.80 Å². The smallest absolute Gasteiger partial charge is 0.253 e. The largest absolute Gasteiger partial charge is 0.339 e. The zero-order chi connectivity index (χ0) is 21.8. The van der Waals surface area contributed by atoms with E-state index in [4.69, 9.17) is 0 Å². The Hall–Kier alpha value is -2.33. The average molecular weight is 420 g/mol. The summed E-state index contributed by atoms with van der Waals surface area (Å²) in [6.07, 6.45) is 7.01. The lowest BCUT2D eigenvalue weighted by atomic mass is 9.95. The summed E-state index contributed by atoms with van der Waals surface area (Å²) in [6, 6.07) is 21.0. The summed E-state index contributed by atoms with van der Waals surface area (Å²) in [5.74, 6) is 0.152. The molecule has 2 aliphatic heterocycles. The number of amides is 1. The predicted octanol–water partition coefficient (Wildman–Crippen LogP) is 5.71. The van der Waals surface area contributed by atoms with Crippen LogP contribution < -0.4 is 4.90 Å². The van der Waals surface area contributed by atoms with E-state index in [9.17, 15) is 4.79 Å². The van der Waals surface area contributed by atoms with Crippen LogP contribution >= 0.6 is 0 Å². The summed E-state index contributed by atoms with van der Waals surface area (Å²) >= 11 is 0. The van der Waals surface area contributed by atoms with E-state index in [1.807, 2.05) is 17.0 Å². The number of hydrogen-bond donors (Lipinski definition) is 0. The third-order valence-corrected chi connectivity index (χ3v) is 7.14. The van der Waals surface area contributed by atoms with Crippen LogP contribution in [0.15, 0.2) is 54.6 Å². The molecule has 0 spiro atoms. The Morgan fingerprint density at radius 2 is 1.42 bits per heavy atom. The Morgan fingerprint density at radius 3 is 1.97 bits per heavy atom. The van der Waals surface area contributed by atoms with Crippen molar-refractivity contribution in [2.45, 2.75) is 70.5 Å². The van der Waals surface area contributed by atoms with Crippen molar-refractivity contribution in [2.75, 3.05) is 25.0 Å². The Labute approximate surface area is 187 Å². The van der Waals surface area contributed by atoms with Crippen molar-refractivity contribution in [3.8, 4) is 0 Å². The van der Waals surface area contributed by atoms with Gasteiger partial charge in [-0.1, -0.05) is 32.0 Å². The van der Waals surface area contributed by atoms with Gasteiger partial charge in [0.05, 0.1) is 0 Å². The van der Waals surface area contributed by atoms with Crippen molar-refractivity contribution in [3.05, 3.63) is 60.2 Å². The standard InChI is InChI=1S/C27H37N3O/c1-4-17-29(18-5-2)27(31)21-11-13-23(14-12-21)30(22-9-7-6-8-10-22)26-19-24-15-16-25(20-26)28(24)3/h6-14,24-26H,4-5,15-20H2,1-3H3/t24-,25+,26?. The minimum Gasteiger partial charge on any atom is -0.339 e. The van der Waals surface area contributed by atoms with E-state index in [2.05, 4.69) is 73.2 Å². The van der Waals surface area contributed by atoms with Crippen molar-refractivity contribution < 1.29 is 4.79 Å². The third-order valence-electron chi connectivity index (χ3n) is 7.14. The molecular weight excluding hydrogens is 382 g/mol. The molecule has 2 heterocycles. The van der Waals surface area contributed by atoms with Crippen molar-refractivity contribution in [3.63, 3.8) is 0 Å². The number of anilines is 2. The molecule has 0 radical (unpaired) electrons. The molecule has 2 fully saturated rings. The number of piperidine rings is 1. The molecule has 2 aromatic carbocycles. The van der Waals surface area contributed by atoms with E-state index < -0.39 is 0 Å². The Kier molecular flexibility index (Phi) is 6.96. The molecule has 2 aromatic rings. The maximum Gasteiger partial charge on any atom is 0.253 e. The van der Waals surface area contributed by atoms with Crippen LogP contribution in [0.5, 0.6) is 0 Å². The van der Waals surface area contributed by atoms with Gasteiger partial charge in [-0.2, -0.15) is 0 Å². The molecule has 0 saturated carbocycles. The second-order valence-electron chi connectivity index (χ2n) is 9.22. The number of para-hydroxylation sites is 1. The predicted molar refractivity (Wildman–Crippen MR) is 129 cm³/mol. The number of rotatable bonds is 8. The maximum absolute atomic E-state index is 13.0. The second kappa shape index (κ2) is 9.86. The quantitative estimate of drug-likeness (QED) is 0.548. The lowest BCUT2D eigenvalue weighted by Crippen LogP contribution is -2.47. The minimum atomic E-state index is 0.152. The zero-order valence-electron chi connectivity index (χ0n) is 19.3. The van der Waals surface area contributed by atoms with Gasteiger partial charge in [-0.25, -0.2) is 0 Å². The molecule has 31 heavy (non-hydrogen) atoms.